The predicted octanol–water partition coefficient (Wildman–Crippen LogP) is 2.35. The van der Waals surface area contributed by atoms with Gasteiger partial charge < -0.3 is 5.11 Å². The van der Waals surface area contributed by atoms with Crippen molar-refractivity contribution in [2.45, 2.75) is 45.1 Å². The maximum absolute atomic E-state index is 13.7. The van der Waals surface area contributed by atoms with Crippen LogP contribution in [-0.4, -0.2) is 26.2 Å². The van der Waals surface area contributed by atoms with Gasteiger partial charge in [-0.1, -0.05) is 13.8 Å². The number of sulfonamides is 1. The van der Waals surface area contributed by atoms with Gasteiger partial charge in [-0.3, -0.25) is 0 Å². The van der Waals surface area contributed by atoms with Crippen molar-refractivity contribution in [2.24, 2.45) is 5.41 Å². The zero-order chi connectivity index (χ0) is 16.4. The maximum Gasteiger partial charge on any atom is 0.243 e. The van der Waals surface area contributed by atoms with E-state index >= 15 is 0 Å². The van der Waals surface area contributed by atoms with Gasteiger partial charge in [0.25, 0.3) is 0 Å². The molecule has 7 heteroatoms. The van der Waals surface area contributed by atoms with Crippen LogP contribution < -0.4 is 4.72 Å². The molecule has 0 aliphatic rings. The van der Waals surface area contributed by atoms with Crippen molar-refractivity contribution >= 4 is 10.0 Å². The van der Waals surface area contributed by atoms with Crippen molar-refractivity contribution in [1.82, 2.24) is 4.72 Å². The first-order valence-corrected chi connectivity index (χ1v) is 8.06. The molecule has 0 aromatic heterocycles. The summed E-state index contributed by atoms with van der Waals surface area (Å²) >= 11 is 0. The van der Waals surface area contributed by atoms with E-state index in [1.165, 1.54) is 6.92 Å². The van der Waals surface area contributed by atoms with Crippen molar-refractivity contribution in [3.63, 3.8) is 0 Å². The molecular formula is C14H21F2NO3S. The molecule has 0 unspecified atom stereocenters. The third-order valence-electron chi connectivity index (χ3n) is 3.09. The van der Waals surface area contributed by atoms with Gasteiger partial charge in [0.2, 0.25) is 10.0 Å². The van der Waals surface area contributed by atoms with Crippen molar-refractivity contribution in [2.75, 3.05) is 6.54 Å². The van der Waals surface area contributed by atoms with Crippen LogP contribution >= 0.6 is 0 Å². The lowest BCUT2D eigenvalue weighted by atomic mass is 9.87. The van der Waals surface area contributed by atoms with E-state index in [9.17, 15) is 22.3 Å². The fraction of sp³-hybridized carbons (Fsp3) is 0.571. The lowest BCUT2D eigenvalue weighted by molar-refractivity contribution is 0.131. The Hall–Kier alpha value is -1.05. The number of hydrogen-bond donors (Lipinski definition) is 2. The lowest BCUT2D eigenvalue weighted by Crippen LogP contribution is -2.36. The number of aliphatic hydroxyl groups excluding tert-OH is 1. The number of aliphatic hydroxyl groups is 1. The molecule has 0 amide bonds. The summed E-state index contributed by atoms with van der Waals surface area (Å²) < 4.78 is 53.6. The third kappa shape index (κ3) is 5.01. The van der Waals surface area contributed by atoms with Crippen LogP contribution in [0.4, 0.5) is 8.78 Å². The van der Waals surface area contributed by atoms with E-state index < -0.39 is 38.1 Å². The second-order valence-electron chi connectivity index (χ2n) is 6.07. The van der Waals surface area contributed by atoms with E-state index in [-0.39, 0.29) is 12.1 Å². The molecule has 1 aromatic carbocycles. The minimum absolute atomic E-state index is 0.00910. The SMILES string of the molecule is Cc1cc(F)c(S(=O)(=O)NCC(C)(C)C[C@@H](C)O)cc1F. The van der Waals surface area contributed by atoms with E-state index in [1.54, 1.807) is 20.8 Å². The number of benzene rings is 1. The fourth-order valence-electron chi connectivity index (χ4n) is 2.07. The van der Waals surface area contributed by atoms with Crippen LogP contribution in [0.25, 0.3) is 0 Å². The highest BCUT2D eigenvalue weighted by Crippen LogP contribution is 2.23. The summed E-state index contributed by atoms with van der Waals surface area (Å²) in [6.45, 7) is 6.51. The monoisotopic (exact) mass is 321 g/mol. The zero-order valence-corrected chi connectivity index (χ0v) is 13.4. The molecule has 0 bridgehead atoms. The number of rotatable bonds is 6. The van der Waals surface area contributed by atoms with E-state index in [0.29, 0.717) is 12.5 Å². The molecule has 1 rings (SSSR count). The smallest absolute Gasteiger partial charge is 0.243 e. The quantitative estimate of drug-likeness (QED) is 0.845. The fourth-order valence-corrected chi connectivity index (χ4v) is 3.38. The van der Waals surface area contributed by atoms with Gasteiger partial charge in [0.15, 0.2) is 0 Å². The first-order valence-electron chi connectivity index (χ1n) is 6.58. The minimum atomic E-state index is -4.15. The predicted molar refractivity (Wildman–Crippen MR) is 76.4 cm³/mol. The molecule has 0 aliphatic heterocycles. The number of aryl methyl sites for hydroxylation is 1. The van der Waals surface area contributed by atoms with Crippen LogP contribution in [0.5, 0.6) is 0 Å². The molecule has 0 saturated heterocycles. The minimum Gasteiger partial charge on any atom is -0.393 e. The summed E-state index contributed by atoms with van der Waals surface area (Å²) in [6, 6.07) is 1.53. The van der Waals surface area contributed by atoms with Crippen molar-refractivity contribution < 1.29 is 22.3 Å². The lowest BCUT2D eigenvalue weighted by Gasteiger charge is -2.26. The van der Waals surface area contributed by atoms with Crippen LogP contribution in [0, 0.1) is 24.0 Å². The molecule has 21 heavy (non-hydrogen) atoms. The Balaban J connectivity index is 2.95. The second-order valence-corrected chi connectivity index (χ2v) is 7.81. The summed E-state index contributed by atoms with van der Waals surface area (Å²) in [7, 11) is -4.15. The Morgan fingerprint density at radius 1 is 1.29 bits per heavy atom. The maximum atomic E-state index is 13.7. The van der Waals surface area contributed by atoms with Crippen molar-refractivity contribution in [1.29, 1.82) is 0 Å². The summed E-state index contributed by atoms with van der Waals surface area (Å²) in [6.07, 6.45) is -0.210. The molecule has 120 valence electrons. The third-order valence-corrected chi connectivity index (χ3v) is 4.51. The number of halogens is 2. The summed E-state index contributed by atoms with van der Waals surface area (Å²) in [5.74, 6) is -1.77. The van der Waals surface area contributed by atoms with Crippen LogP contribution in [0.2, 0.25) is 0 Å². The molecule has 0 saturated carbocycles. The van der Waals surface area contributed by atoms with E-state index in [1.807, 2.05) is 0 Å². The first kappa shape index (κ1) is 18.0. The summed E-state index contributed by atoms with van der Waals surface area (Å²) in [5, 5.41) is 9.36. The largest absolute Gasteiger partial charge is 0.393 e. The van der Waals surface area contributed by atoms with Crippen LogP contribution in [0.1, 0.15) is 32.8 Å². The molecular weight excluding hydrogens is 300 g/mol. The van der Waals surface area contributed by atoms with Crippen molar-refractivity contribution in [3.8, 4) is 0 Å². The standard InChI is InChI=1S/C14H21F2NO3S/c1-9-5-12(16)13(6-11(9)15)21(19,20)17-8-14(3,4)7-10(2)18/h5-6,10,17-18H,7-8H2,1-4H3/t10-/m1/s1. The Kier molecular flexibility index (Phi) is 5.46. The molecule has 2 N–H and O–H groups in total. The van der Waals surface area contributed by atoms with Gasteiger partial charge in [0.05, 0.1) is 6.10 Å². The van der Waals surface area contributed by atoms with Crippen molar-refractivity contribution in [3.05, 3.63) is 29.3 Å². The summed E-state index contributed by atoms with van der Waals surface area (Å²) in [4.78, 5) is -0.710. The molecule has 1 atom stereocenters. The first-order chi connectivity index (χ1) is 9.44. The number of nitrogens with one attached hydrogen (secondary N) is 1. The van der Waals surface area contributed by atoms with E-state index in [0.717, 1.165) is 6.07 Å². The van der Waals surface area contributed by atoms with Gasteiger partial charge >= 0.3 is 0 Å². The Morgan fingerprint density at radius 2 is 1.86 bits per heavy atom. The van der Waals surface area contributed by atoms with Gasteiger partial charge in [0, 0.05) is 6.54 Å². The van der Waals surface area contributed by atoms with E-state index in [2.05, 4.69) is 4.72 Å². The zero-order valence-electron chi connectivity index (χ0n) is 12.6. The van der Waals surface area contributed by atoms with E-state index in [4.69, 9.17) is 0 Å². The molecule has 0 radical (unpaired) electrons. The normalized spacial score (nSPS) is 14.2. The Morgan fingerprint density at radius 3 is 2.38 bits per heavy atom. The van der Waals surface area contributed by atoms with Gasteiger partial charge in [-0.25, -0.2) is 21.9 Å². The highest BCUT2D eigenvalue weighted by atomic mass is 32.2. The second kappa shape index (κ2) is 6.37. The van der Waals surface area contributed by atoms with Crippen LogP contribution in [0.3, 0.4) is 0 Å². The molecule has 1 aromatic rings. The molecule has 0 fully saturated rings. The average Bonchev–Trinajstić information content (AvgIpc) is 2.30. The number of hydrogen-bond acceptors (Lipinski definition) is 3. The summed E-state index contributed by atoms with van der Waals surface area (Å²) in [5.41, 5.74) is -0.470. The van der Waals surface area contributed by atoms with Crippen LogP contribution in [0.15, 0.2) is 17.0 Å². The van der Waals surface area contributed by atoms with Gasteiger partial charge in [-0.2, -0.15) is 0 Å². The van der Waals surface area contributed by atoms with Crippen LogP contribution in [-0.2, 0) is 10.0 Å². The topological polar surface area (TPSA) is 66.4 Å². The molecule has 0 heterocycles. The highest BCUT2D eigenvalue weighted by Gasteiger charge is 2.26. The molecule has 0 aliphatic carbocycles. The van der Waals surface area contributed by atoms with Gasteiger partial charge in [0.1, 0.15) is 16.5 Å². The Labute approximate surface area is 124 Å². The molecule has 4 nitrogen and oxygen atoms in total. The average molecular weight is 321 g/mol. The highest BCUT2D eigenvalue weighted by molar-refractivity contribution is 7.89. The van der Waals surface area contributed by atoms with Gasteiger partial charge in [-0.15, -0.1) is 0 Å². The molecule has 0 spiro atoms. The van der Waals surface area contributed by atoms with Gasteiger partial charge in [-0.05, 0) is 43.4 Å². The Bertz CT molecular complexity index is 613.